The zero-order valence-corrected chi connectivity index (χ0v) is 22.3. The normalized spacial score (nSPS) is 30.3. The number of Topliss-reactive ketones (excluding diaryl/α,β-unsaturated/α-hetero) is 1. The number of hydroxylamine groups is 2. The van der Waals surface area contributed by atoms with Crippen LogP contribution in [0.3, 0.4) is 0 Å². The monoisotopic (exact) mass is 563 g/mol. The number of nitrogens with zero attached hydrogens (tertiary/aromatic N) is 1. The number of para-hydroxylation sites is 1. The molecule has 0 radical (unpaired) electrons. The topological polar surface area (TPSA) is 112 Å². The molecular weight excluding hydrogens is 537 g/mol. The third kappa shape index (κ3) is 3.42. The Morgan fingerprint density at radius 3 is 2.24 bits per heavy atom. The van der Waals surface area contributed by atoms with Crippen molar-refractivity contribution in [3.05, 3.63) is 119 Å². The first-order chi connectivity index (χ1) is 20.3. The Balaban J connectivity index is 1.54. The molecule has 3 aromatic rings. The van der Waals surface area contributed by atoms with Crippen molar-refractivity contribution in [2.45, 2.75) is 24.2 Å². The molecule has 1 aliphatic heterocycles. The molecule has 0 bridgehead atoms. The van der Waals surface area contributed by atoms with Crippen molar-refractivity contribution in [1.29, 1.82) is 0 Å². The summed E-state index contributed by atoms with van der Waals surface area (Å²) in [6, 6.07) is 21.8. The van der Waals surface area contributed by atoms with E-state index in [1.54, 1.807) is 66.7 Å². The summed E-state index contributed by atoms with van der Waals surface area (Å²) in [5.41, 5.74) is 0.460. The molecule has 4 aliphatic rings. The summed E-state index contributed by atoms with van der Waals surface area (Å²) in [4.78, 5) is 55.4. The Morgan fingerprint density at radius 2 is 1.52 bits per heavy atom. The summed E-state index contributed by atoms with van der Waals surface area (Å²) in [6.45, 7) is 0. The number of phenols is 1. The van der Waals surface area contributed by atoms with E-state index in [0.29, 0.717) is 16.7 Å². The fraction of sp³-hybridized carbons (Fsp3) is 0.235. The van der Waals surface area contributed by atoms with Crippen LogP contribution < -0.4 is 0 Å². The lowest BCUT2D eigenvalue weighted by molar-refractivity contribution is -0.173. The third-order valence-corrected chi connectivity index (χ3v) is 9.68. The van der Waals surface area contributed by atoms with Gasteiger partial charge >= 0.3 is 0 Å². The zero-order valence-electron chi connectivity index (χ0n) is 22.3. The minimum Gasteiger partial charge on any atom is -0.505 e. The molecule has 3 aliphatic carbocycles. The molecular formula is C34H26FNO6. The van der Waals surface area contributed by atoms with Gasteiger partial charge in [-0.3, -0.25) is 24.4 Å². The molecule has 3 aromatic carbocycles. The molecule has 7 rings (SSSR count). The van der Waals surface area contributed by atoms with Crippen LogP contribution in [0.2, 0.25) is 0 Å². The fourth-order valence-electron chi connectivity index (χ4n) is 7.97. The molecule has 2 amide bonds. The Kier molecular flexibility index (Phi) is 5.88. The largest absolute Gasteiger partial charge is 0.505 e. The van der Waals surface area contributed by atoms with Gasteiger partial charge in [-0.1, -0.05) is 84.4 Å². The first-order valence-electron chi connectivity index (χ1n) is 13.9. The Hall–Kier alpha value is -4.69. The second-order valence-electron chi connectivity index (χ2n) is 11.5. The quantitative estimate of drug-likeness (QED) is 0.270. The molecule has 6 atom stereocenters. The van der Waals surface area contributed by atoms with Crippen LogP contribution in [0.4, 0.5) is 4.39 Å². The maximum Gasteiger partial charge on any atom is 0.257 e. The number of fused-ring (bicyclic) bond motifs is 4. The highest BCUT2D eigenvalue weighted by atomic mass is 19.1. The number of aromatic hydroxyl groups is 1. The second-order valence-corrected chi connectivity index (χ2v) is 11.5. The predicted molar refractivity (Wildman–Crippen MR) is 148 cm³/mol. The third-order valence-electron chi connectivity index (χ3n) is 9.68. The van der Waals surface area contributed by atoms with Crippen LogP contribution in [-0.4, -0.2) is 38.8 Å². The lowest BCUT2D eigenvalue weighted by Gasteiger charge is -2.55. The summed E-state index contributed by atoms with van der Waals surface area (Å²) < 4.78 is 15.0. The number of carbonyl (C=O) groups excluding carboxylic acids is 4. The van der Waals surface area contributed by atoms with E-state index in [2.05, 4.69) is 0 Å². The number of halogens is 1. The molecule has 7 nitrogen and oxygen atoms in total. The Bertz CT molecular complexity index is 1730. The number of rotatable bonds is 3. The summed E-state index contributed by atoms with van der Waals surface area (Å²) >= 11 is 0. The van der Waals surface area contributed by atoms with Gasteiger partial charge in [0.2, 0.25) is 0 Å². The Labute approximate surface area is 240 Å². The van der Waals surface area contributed by atoms with Crippen LogP contribution >= 0.6 is 0 Å². The minimum atomic E-state index is -1.57. The van der Waals surface area contributed by atoms with Crippen LogP contribution in [0.25, 0.3) is 5.57 Å². The Morgan fingerprint density at radius 1 is 0.833 bits per heavy atom. The van der Waals surface area contributed by atoms with Gasteiger partial charge in [-0.25, -0.2) is 4.39 Å². The number of carbonyl (C=O) groups is 4. The number of hydrogen-bond acceptors (Lipinski definition) is 6. The number of amides is 2. The van der Waals surface area contributed by atoms with E-state index in [1.807, 2.05) is 0 Å². The fourth-order valence-corrected chi connectivity index (χ4v) is 7.97. The molecule has 6 unspecified atom stereocenters. The molecule has 1 saturated heterocycles. The van der Waals surface area contributed by atoms with E-state index >= 15 is 0 Å². The molecule has 210 valence electrons. The van der Waals surface area contributed by atoms with Gasteiger partial charge in [-0.15, -0.1) is 0 Å². The zero-order chi connectivity index (χ0) is 29.3. The number of benzene rings is 3. The van der Waals surface area contributed by atoms with E-state index in [0.717, 1.165) is 6.07 Å². The van der Waals surface area contributed by atoms with E-state index in [-0.39, 0.29) is 40.6 Å². The molecule has 2 fully saturated rings. The van der Waals surface area contributed by atoms with Crippen molar-refractivity contribution >= 4 is 29.0 Å². The molecule has 1 heterocycles. The van der Waals surface area contributed by atoms with Gasteiger partial charge in [-0.05, 0) is 42.0 Å². The lowest BCUT2D eigenvalue weighted by atomic mass is 9.44. The molecule has 2 N–H and O–H groups in total. The highest BCUT2D eigenvalue weighted by molar-refractivity contribution is 6.31. The first kappa shape index (κ1) is 26.2. The summed E-state index contributed by atoms with van der Waals surface area (Å²) in [5, 5.41) is 21.6. The second kappa shape index (κ2) is 9.42. The summed E-state index contributed by atoms with van der Waals surface area (Å²) in [6.07, 6.45) is 3.31. The maximum absolute atomic E-state index is 15.0. The van der Waals surface area contributed by atoms with Crippen molar-refractivity contribution in [2.75, 3.05) is 0 Å². The average Bonchev–Trinajstić information content (AvgIpc) is 3.24. The molecule has 8 heteroatoms. The van der Waals surface area contributed by atoms with E-state index < -0.39 is 58.4 Å². The van der Waals surface area contributed by atoms with Gasteiger partial charge in [0.1, 0.15) is 0 Å². The van der Waals surface area contributed by atoms with Gasteiger partial charge in [0.25, 0.3) is 11.8 Å². The maximum atomic E-state index is 15.0. The summed E-state index contributed by atoms with van der Waals surface area (Å²) in [7, 11) is 0. The van der Waals surface area contributed by atoms with E-state index in [9.17, 15) is 33.9 Å². The SMILES string of the molecule is O=C1C(c2ccccc2)=CC(=O)C2(c3ccccc3)C1CC1C(=CCC3C(=O)N(O)C(=O)C31)C2c1cccc(F)c1O. The number of hydrogen-bond donors (Lipinski definition) is 2. The predicted octanol–water partition coefficient (Wildman–Crippen LogP) is 4.74. The van der Waals surface area contributed by atoms with Crippen molar-refractivity contribution in [1.82, 2.24) is 5.06 Å². The average molecular weight is 564 g/mol. The standard InChI is InChI=1S/C34H26FNO6/c35-26-13-7-12-22(31(26)39)29-20-14-15-21-28(33(41)36(42)32(21)40)24(20)16-25-30(38)23(18-8-3-1-4-9-18)17-27(37)34(25,29)19-10-5-2-6-11-19/h1-14,17,21,24-25,28-29,39,42H,15-16H2. The van der Waals surface area contributed by atoms with E-state index in [1.165, 1.54) is 18.2 Å². The highest BCUT2D eigenvalue weighted by Crippen LogP contribution is 2.64. The summed E-state index contributed by atoms with van der Waals surface area (Å²) in [5.74, 6) is -8.21. The van der Waals surface area contributed by atoms with Crippen molar-refractivity contribution in [2.24, 2.45) is 23.7 Å². The van der Waals surface area contributed by atoms with Crippen molar-refractivity contribution in [3.63, 3.8) is 0 Å². The van der Waals surface area contributed by atoms with Gasteiger partial charge < -0.3 is 5.11 Å². The first-order valence-corrected chi connectivity index (χ1v) is 13.9. The van der Waals surface area contributed by atoms with Crippen LogP contribution in [0.5, 0.6) is 5.75 Å². The highest BCUT2D eigenvalue weighted by Gasteiger charge is 2.66. The molecule has 0 aromatic heterocycles. The molecule has 42 heavy (non-hydrogen) atoms. The van der Waals surface area contributed by atoms with Gasteiger partial charge in [0.15, 0.2) is 23.1 Å². The molecule has 0 spiro atoms. The van der Waals surface area contributed by atoms with Gasteiger partial charge in [0, 0.05) is 23.0 Å². The lowest BCUT2D eigenvalue weighted by Crippen LogP contribution is -2.58. The van der Waals surface area contributed by atoms with Crippen molar-refractivity contribution < 1.29 is 33.9 Å². The number of ketones is 2. The number of phenolic OH excluding ortho intramolecular Hbond substituents is 1. The smallest absolute Gasteiger partial charge is 0.257 e. The van der Waals surface area contributed by atoms with Crippen LogP contribution in [0.1, 0.15) is 35.4 Å². The number of allylic oxidation sites excluding steroid dienone is 4. The number of imide groups is 1. The van der Waals surface area contributed by atoms with Crippen LogP contribution in [0.15, 0.2) is 96.6 Å². The molecule has 1 saturated carbocycles. The van der Waals surface area contributed by atoms with Crippen LogP contribution in [0, 0.1) is 29.5 Å². The van der Waals surface area contributed by atoms with Gasteiger partial charge in [0.05, 0.1) is 17.3 Å². The van der Waals surface area contributed by atoms with Gasteiger partial charge in [-0.2, -0.15) is 5.06 Å². The van der Waals surface area contributed by atoms with E-state index in [4.69, 9.17) is 0 Å². The van der Waals surface area contributed by atoms with Crippen LogP contribution in [-0.2, 0) is 24.6 Å². The minimum absolute atomic E-state index is 0.0517. The van der Waals surface area contributed by atoms with Crippen molar-refractivity contribution in [3.8, 4) is 5.75 Å².